The number of ether oxygens (including phenoxy) is 1. The normalized spacial score (nSPS) is 11.0. The van der Waals surface area contributed by atoms with Crippen molar-refractivity contribution >= 4 is 28.6 Å². The average molecular weight is 403 g/mol. The molecule has 0 amide bonds. The molecule has 0 aliphatic heterocycles. The fourth-order valence-corrected chi connectivity index (χ4v) is 3.09. The Bertz CT molecular complexity index is 1240. The van der Waals surface area contributed by atoms with E-state index in [2.05, 4.69) is 20.3 Å². The third-order valence-electron chi connectivity index (χ3n) is 4.47. The van der Waals surface area contributed by atoms with Gasteiger partial charge in [0.15, 0.2) is 5.82 Å². The fourth-order valence-electron chi connectivity index (χ4n) is 3.09. The van der Waals surface area contributed by atoms with Crippen LogP contribution in [0.3, 0.4) is 0 Å². The van der Waals surface area contributed by atoms with Crippen molar-refractivity contribution in [2.75, 3.05) is 11.1 Å². The monoisotopic (exact) mass is 403 g/mol. The fraction of sp³-hybridized carbons (Fsp3) is 0.182. The molecular formula is C22H21N5O3. The van der Waals surface area contributed by atoms with Gasteiger partial charge in [-0.2, -0.15) is 15.0 Å². The minimum Gasteiger partial charge on any atom is -0.485 e. The van der Waals surface area contributed by atoms with E-state index in [-0.39, 0.29) is 24.1 Å². The van der Waals surface area contributed by atoms with Crippen molar-refractivity contribution in [3.63, 3.8) is 0 Å². The highest BCUT2D eigenvalue weighted by Crippen LogP contribution is 2.27. The van der Waals surface area contributed by atoms with Gasteiger partial charge < -0.3 is 20.2 Å². The number of anilines is 3. The Morgan fingerprint density at radius 1 is 1.07 bits per heavy atom. The molecule has 0 saturated heterocycles. The molecule has 152 valence electrons. The van der Waals surface area contributed by atoms with Crippen molar-refractivity contribution < 1.29 is 9.15 Å². The summed E-state index contributed by atoms with van der Waals surface area (Å²) in [5.41, 5.74) is 7.68. The first-order chi connectivity index (χ1) is 14.5. The lowest BCUT2D eigenvalue weighted by Gasteiger charge is -2.11. The lowest BCUT2D eigenvalue weighted by atomic mass is 10.00. The number of rotatable bonds is 6. The molecule has 0 atom stereocenters. The van der Waals surface area contributed by atoms with Crippen LogP contribution in [0, 0.1) is 0 Å². The molecule has 2 aromatic heterocycles. The topological polar surface area (TPSA) is 116 Å². The van der Waals surface area contributed by atoms with Gasteiger partial charge in [0.2, 0.25) is 11.9 Å². The van der Waals surface area contributed by atoms with Gasteiger partial charge in [0.05, 0.1) is 0 Å². The molecule has 4 aromatic rings. The summed E-state index contributed by atoms with van der Waals surface area (Å²) in [6, 6.07) is 16.4. The summed E-state index contributed by atoms with van der Waals surface area (Å²) in [5, 5.41) is 3.97. The molecule has 8 nitrogen and oxygen atoms in total. The lowest BCUT2D eigenvalue weighted by Crippen LogP contribution is -2.09. The Morgan fingerprint density at radius 3 is 2.63 bits per heavy atom. The van der Waals surface area contributed by atoms with Crippen LogP contribution in [-0.4, -0.2) is 15.0 Å². The largest absolute Gasteiger partial charge is 0.485 e. The van der Waals surface area contributed by atoms with Crippen LogP contribution in [0.5, 0.6) is 5.75 Å². The third-order valence-corrected chi connectivity index (χ3v) is 4.47. The first-order valence-corrected chi connectivity index (χ1v) is 9.51. The summed E-state index contributed by atoms with van der Waals surface area (Å²) in [4.78, 5) is 24.4. The molecule has 2 heterocycles. The van der Waals surface area contributed by atoms with Crippen LogP contribution in [0.15, 0.2) is 63.8 Å². The van der Waals surface area contributed by atoms with E-state index in [0.29, 0.717) is 23.1 Å². The second-order valence-electron chi connectivity index (χ2n) is 7.05. The number of nitrogens with one attached hydrogen (secondary N) is 1. The van der Waals surface area contributed by atoms with Crippen LogP contribution in [0.2, 0.25) is 0 Å². The summed E-state index contributed by atoms with van der Waals surface area (Å²) in [6.07, 6.45) is 0. The number of nitrogens with two attached hydrogens (primary N) is 1. The SMILES string of the molecule is CC(C)c1cc(=O)oc2cc(OCc3nc(N)nc(Nc4ccccc4)n3)ccc12. The Kier molecular flexibility index (Phi) is 5.30. The molecule has 0 bridgehead atoms. The molecule has 0 aliphatic carbocycles. The van der Waals surface area contributed by atoms with Gasteiger partial charge in [-0.05, 0) is 35.7 Å². The standard InChI is InChI=1S/C22H21N5O3/c1-13(2)17-11-20(28)30-18-10-15(8-9-16(17)18)29-12-19-25-21(23)27-22(26-19)24-14-6-4-3-5-7-14/h3-11,13H,12H2,1-2H3,(H3,23,24,25,26,27). The van der Waals surface area contributed by atoms with Crippen molar-refractivity contribution in [1.82, 2.24) is 15.0 Å². The van der Waals surface area contributed by atoms with Gasteiger partial charge in [0.1, 0.15) is 17.9 Å². The molecule has 0 unspecified atom stereocenters. The maximum Gasteiger partial charge on any atom is 0.336 e. The molecule has 3 N–H and O–H groups in total. The van der Waals surface area contributed by atoms with Gasteiger partial charge in [-0.3, -0.25) is 0 Å². The van der Waals surface area contributed by atoms with E-state index in [1.54, 1.807) is 6.07 Å². The zero-order valence-electron chi connectivity index (χ0n) is 16.6. The molecular weight excluding hydrogens is 382 g/mol. The van der Waals surface area contributed by atoms with Gasteiger partial charge in [-0.15, -0.1) is 0 Å². The Morgan fingerprint density at radius 2 is 1.87 bits per heavy atom. The zero-order chi connectivity index (χ0) is 21.1. The molecule has 8 heteroatoms. The summed E-state index contributed by atoms with van der Waals surface area (Å²) >= 11 is 0. The van der Waals surface area contributed by atoms with Gasteiger partial charge >= 0.3 is 5.63 Å². The molecule has 4 rings (SSSR count). The average Bonchev–Trinajstić information content (AvgIpc) is 2.71. The summed E-state index contributed by atoms with van der Waals surface area (Å²) < 4.78 is 11.1. The molecule has 0 saturated carbocycles. The van der Waals surface area contributed by atoms with E-state index in [4.69, 9.17) is 14.9 Å². The summed E-state index contributed by atoms with van der Waals surface area (Å²) in [7, 11) is 0. The minimum atomic E-state index is -0.384. The smallest absolute Gasteiger partial charge is 0.336 e. The molecule has 0 aliphatic rings. The third kappa shape index (κ3) is 4.38. The Balaban J connectivity index is 1.54. The van der Waals surface area contributed by atoms with Crippen LogP contribution >= 0.6 is 0 Å². The quantitative estimate of drug-likeness (QED) is 0.464. The molecule has 0 fully saturated rings. The van der Waals surface area contributed by atoms with Crippen LogP contribution < -0.4 is 21.4 Å². The highest BCUT2D eigenvalue weighted by Gasteiger charge is 2.11. The zero-order valence-corrected chi connectivity index (χ0v) is 16.6. The number of aromatic nitrogens is 3. The van der Waals surface area contributed by atoms with E-state index in [0.717, 1.165) is 16.6 Å². The molecule has 0 spiro atoms. The summed E-state index contributed by atoms with van der Waals surface area (Å²) in [6.45, 7) is 4.14. The van der Waals surface area contributed by atoms with Crippen LogP contribution in [0.1, 0.15) is 31.2 Å². The lowest BCUT2D eigenvalue weighted by molar-refractivity contribution is 0.296. The van der Waals surface area contributed by atoms with E-state index in [1.165, 1.54) is 6.07 Å². The van der Waals surface area contributed by atoms with E-state index >= 15 is 0 Å². The predicted octanol–water partition coefficient (Wildman–Crippen LogP) is 4.01. The Labute approximate surface area is 172 Å². The second kappa shape index (κ2) is 8.20. The van der Waals surface area contributed by atoms with Crippen molar-refractivity contribution in [2.45, 2.75) is 26.4 Å². The van der Waals surface area contributed by atoms with E-state index in [9.17, 15) is 4.79 Å². The predicted molar refractivity (Wildman–Crippen MR) is 115 cm³/mol. The van der Waals surface area contributed by atoms with E-state index in [1.807, 2.05) is 56.3 Å². The number of nitrogens with zero attached hydrogens (tertiary/aromatic N) is 3. The number of hydrogen-bond acceptors (Lipinski definition) is 8. The van der Waals surface area contributed by atoms with Crippen molar-refractivity contribution in [1.29, 1.82) is 0 Å². The maximum atomic E-state index is 11.9. The van der Waals surface area contributed by atoms with Crippen molar-refractivity contribution in [3.05, 3.63) is 76.4 Å². The maximum absolute atomic E-state index is 11.9. The molecule has 30 heavy (non-hydrogen) atoms. The van der Waals surface area contributed by atoms with Crippen LogP contribution in [0.4, 0.5) is 17.6 Å². The number of hydrogen-bond donors (Lipinski definition) is 2. The van der Waals surface area contributed by atoms with Crippen molar-refractivity contribution in [2.24, 2.45) is 0 Å². The second-order valence-corrected chi connectivity index (χ2v) is 7.05. The number of nitrogen functional groups attached to an aromatic ring is 1. The Hall–Kier alpha value is -3.94. The van der Waals surface area contributed by atoms with Gasteiger partial charge in [-0.25, -0.2) is 4.79 Å². The molecule has 0 radical (unpaired) electrons. The first-order valence-electron chi connectivity index (χ1n) is 9.51. The van der Waals surface area contributed by atoms with Gasteiger partial charge in [0.25, 0.3) is 0 Å². The van der Waals surface area contributed by atoms with Crippen LogP contribution in [0.25, 0.3) is 11.0 Å². The highest BCUT2D eigenvalue weighted by molar-refractivity contribution is 5.82. The van der Waals surface area contributed by atoms with Gasteiger partial charge in [0, 0.05) is 23.2 Å². The van der Waals surface area contributed by atoms with Crippen molar-refractivity contribution in [3.8, 4) is 5.75 Å². The van der Waals surface area contributed by atoms with Gasteiger partial charge in [-0.1, -0.05) is 32.0 Å². The number of para-hydroxylation sites is 1. The van der Waals surface area contributed by atoms with Crippen LogP contribution in [-0.2, 0) is 6.61 Å². The number of fused-ring (bicyclic) bond motifs is 1. The number of benzene rings is 2. The summed E-state index contributed by atoms with van der Waals surface area (Å²) in [5.74, 6) is 1.53. The first kappa shape index (κ1) is 19.4. The highest BCUT2D eigenvalue weighted by atomic mass is 16.5. The van der Waals surface area contributed by atoms with E-state index < -0.39 is 0 Å². The molecule has 2 aromatic carbocycles. The minimum absolute atomic E-state index is 0.0792.